The van der Waals surface area contributed by atoms with Gasteiger partial charge in [0.15, 0.2) is 0 Å². The second-order valence-electron chi connectivity index (χ2n) is 4.10. The number of aromatic nitrogens is 1. The predicted octanol–water partition coefficient (Wildman–Crippen LogP) is 3.14. The van der Waals surface area contributed by atoms with E-state index in [0.29, 0.717) is 17.1 Å². The van der Waals surface area contributed by atoms with Crippen molar-refractivity contribution in [2.45, 2.75) is 18.2 Å². The Balaban J connectivity index is 2.22. The van der Waals surface area contributed by atoms with E-state index in [4.69, 9.17) is 0 Å². The van der Waals surface area contributed by atoms with Crippen molar-refractivity contribution in [2.24, 2.45) is 0 Å². The Morgan fingerprint density at radius 3 is 2.94 bits per heavy atom. The first-order chi connectivity index (χ1) is 8.72. The fourth-order valence-electron chi connectivity index (χ4n) is 1.73. The molecule has 1 heterocycles. The molecule has 18 heavy (non-hydrogen) atoms. The zero-order valence-corrected chi connectivity index (χ0v) is 11.8. The fraction of sp³-hybridized carbons (Fsp3) is 0.286. The summed E-state index contributed by atoms with van der Waals surface area (Å²) in [4.78, 5) is 16.6. The molecule has 1 unspecified atom stereocenters. The van der Waals surface area contributed by atoms with Crippen LogP contribution in [-0.2, 0) is 0 Å². The molecule has 1 amide bonds. The molecule has 3 nitrogen and oxygen atoms in total. The quantitative estimate of drug-likeness (QED) is 0.882. The predicted molar refractivity (Wildman–Crippen MR) is 77.1 cm³/mol. The lowest BCUT2D eigenvalue weighted by atomic mass is 10.1. The van der Waals surface area contributed by atoms with E-state index >= 15 is 0 Å². The Kier molecular flexibility index (Phi) is 4.31. The molecule has 2 aromatic rings. The van der Waals surface area contributed by atoms with Crippen molar-refractivity contribution in [3.05, 3.63) is 42.2 Å². The van der Waals surface area contributed by atoms with Crippen molar-refractivity contribution in [1.29, 1.82) is 0 Å². The molecule has 94 valence electrons. The second kappa shape index (κ2) is 5.96. The number of hydrogen-bond donors (Lipinski definition) is 1. The lowest BCUT2D eigenvalue weighted by Gasteiger charge is -2.09. The molecule has 0 bridgehead atoms. The second-order valence-corrected chi connectivity index (χ2v) is 5.39. The van der Waals surface area contributed by atoms with E-state index in [1.165, 1.54) is 0 Å². The van der Waals surface area contributed by atoms with E-state index in [1.807, 2.05) is 30.3 Å². The third-order valence-electron chi connectivity index (χ3n) is 2.82. The third kappa shape index (κ3) is 2.88. The van der Waals surface area contributed by atoms with Gasteiger partial charge >= 0.3 is 0 Å². The molecule has 0 saturated heterocycles. The molecule has 4 heteroatoms. The minimum Gasteiger partial charge on any atom is -0.350 e. The highest BCUT2D eigenvalue weighted by molar-refractivity contribution is 9.09. The van der Waals surface area contributed by atoms with E-state index in [9.17, 15) is 4.79 Å². The van der Waals surface area contributed by atoms with Crippen LogP contribution in [0, 0.1) is 0 Å². The third-order valence-corrected chi connectivity index (χ3v) is 3.79. The van der Waals surface area contributed by atoms with E-state index in [-0.39, 0.29) is 5.91 Å². The standard InChI is InChI=1S/C14H15BrN2O/c1-2-11(15)9-17-14(18)13-12-6-4-3-5-10(12)7-8-16-13/h3-8,11H,2,9H2,1H3,(H,17,18). The summed E-state index contributed by atoms with van der Waals surface area (Å²) in [6, 6.07) is 9.68. The number of carbonyl (C=O) groups excluding carboxylic acids is 1. The van der Waals surface area contributed by atoms with Gasteiger partial charge < -0.3 is 5.32 Å². The van der Waals surface area contributed by atoms with Gasteiger partial charge in [-0.05, 0) is 17.9 Å². The average Bonchev–Trinajstić information content (AvgIpc) is 2.43. The Morgan fingerprint density at radius 1 is 1.39 bits per heavy atom. The first kappa shape index (κ1) is 13.0. The molecule has 0 aliphatic rings. The maximum atomic E-state index is 12.1. The first-order valence-corrected chi connectivity index (χ1v) is 6.90. The van der Waals surface area contributed by atoms with Crippen molar-refractivity contribution in [1.82, 2.24) is 10.3 Å². The van der Waals surface area contributed by atoms with Gasteiger partial charge in [0.25, 0.3) is 5.91 Å². The highest BCUT2D eigenvalue weighted by Crippen LogP contribution is 2.16. The summed E-state index contributed by atoms with van der Waals surface area (Å²) < 4.78 is 0. The summed E-state index contributed by atoms with van der Waals surface area (Å²) in [5, 5.41) is 4.81. The van der Waals surface area contributed by atoms with E-state index < -0.39 is 0 Å². The van der Waals surface area contributed by atoms with Gasteiger partial charge in [0, 0.05) is 23.0 Å². The van der Waals surface area contributed by atoms with Crippen molar-refractivity contribution in [3.8, 4) is 0 Å². The average molecular weight is 307 g/mol. The highest BCUT2D eigenvalue weighted by atomic mass is 79.9. The number of carbonyl (C=O) groups is 1. The van der Waals surface area contributed by atoms with E-state index in [1.54, 1.807) is 6.20 Å². The molecule has 0 spiro atoms. The van der Waals surface area contributed by atoms with Gasteiger partial charge in [-0.25, -0.2) is 0 Å². The molecule has 1 atom stereocenters. The number of fused-ring (bicyclic) bond motifs is 1. The van der Waals surface area contributed by atoms with Gasteiger partial charge in [0.2, 0.25) is 0 Å². The van der Waals surface area contributed by atoms with Crippen molar-refractivity contribution in [3.63, 3.8) is 0 Å². The fourth-order valence-corrected chi connectivity index (χ4v) is 1.89. The van der Waals surface area contributed by atoms with Gasteiger partial charge in [-0.1, -0.05) is 47.1 Å². The summed E-state index contributed by atoms with van der Waals surface area (Å²) in [6.45, 7) is 2.68. The van der Waals surface area contributed by atoms with Gasteiger partial charge in [0.05, 0.1) is 0 Å². The number of halogens is 1. The molecule has 2 rings (SSSR count). The SMILES string of the molecule is CCC(Br)CNC(=O)c1nccc2ccccc12. The summed E-state index contributed by atoms with van der Waals surface area (Å²) >= 11 is 3.49. The maximum Gasteiger partial charge on any atom is 0.270 e. The molecule has 0 saturated carbocycles. The van der Waals surface area contributed by atoms with Crippen LogP contribution in [-0.4, -0.2) is 22.3 Å². The molecule has 0 fully saturated rings. The summed E-state index contributed by atoms with van der Waals surface area (Å²) in [5.74, 6) is -0.121. The number of nitrogens with zero attached hydrogens (tertiary/aromatic N) is 1. The van der Waals surface area contributed by atoms with Crippen molar-refractivity contribution in [2.75, 3.05) is 6.54 Å². The maximum absolute atomic E-state index is 12.1. The Morgan fingerprint density at radius 2 is 2.17 bits per heavy atom. The zero-order chi connectivity index (χ0) is 13.0. The zero-order valence-electron chi connectivity index (χ0n) is 10.2. The topological polar surface area (TPSA) is 42.0 Å². The highest BCUT2D eigenvalue weighted by Gasteiger charge is 2.12. The van der Waals surface area contributed by atoms with Crippen LogP contribution in [0.3, 0.4) is 0 Å². The molecular formula is C14H15BrN2O. The van der Waals surface area contributed by atoms with E-state index in [0.717, 1.165) is 17.2 Å². The lowest BCUT2D eigenvalue weighted by Crippen LogP contribution is -2.30. The molecular weight excluding hydrogens is 292 g/mol. The summed E-state index contributed by atoms with van der Waals surface area (Å²) in [6.07, 6.45) is 2.64. The van der Waals surface area contributed by atoms with Crippen LogP contribution >= 0.6 is 15.9 Å². The smallest absolute Gasteiger partial charge is 0.270 e. The van der Waals surface area contributed by atoms with Crippen LogP contribution in [0.25, 0.3) is 10.8 Å². The normalized spacial score (nSPS) is 12.3. The number of nitrogens with one attached hydrogen (secondary N) is 1. The Bertz CT molecular complexity index is 551. The van der Waals surface area contributed by atoms with Crippen LogP contribution in [0.4, 0.5) is 0 Å². The molecule has 0 radical (unpaired) electrons. The van der Waals surface area contributed by atoms with Crippen molar-refractivity contribution >= 4 is 32.6 Å². The number of amides is 1. The van der Waals surface area contributed by atoms with E-state index in [2.05, 4.69) is 33.2 Å². The Hall–Kier alpha value is -1.42. The first-order valence-electron chi connectivity index (χ1n) is 5.98. The number of rotatable bonds is 4. The molecule has 1 aromatic heterocycles. The van der Waals surface area contributed by atoms with Gasteiger partial charge in [-0.3, -0.25) is 9.78 Å². The molecule has 0 aliphatic heterocycles. The summed E-state index contributed by atoms with van der Waals surface area (Å²) in [7, 11) is 0. The largest absolute Gasteiger partial charge is 0.350 e. The number of benzene rings is 1. The van der Waals surface area contributed by atoms with Crippen LogP contribution < -0.4 is 5.32 Å². The van der Waals surface area contributed by atoms with Gasteiger partial charge in [0.1, 0.15) is 5.69 Å². The van der Waals surface area contributed by atoms with Crippen LogP contribution in [0.1, 0.15) is 23.8 Å². The Labute approximate surface area is 115 Å². The molecule has 0 aliphatic carbocycles. The number of hydrogen-bond acceptors (Lipinski definition) is 2. The minimum atomic E-state index is -0.121. The molecule has 1 aromatic carbocycles. The van der Waals surface area contributed by atoms with Crippen molar-refractivity contribution < 1.29 is 4.79 Å². The lowest BCUT2D eigenvalue weighted by molar-refractivity contribution is 0.0950. The number of alkyl halides is 1. The van der Waals surface area contributed by atoms with Gasteiger partial charge in [-0.2, -0.15) is 0 Å². The van der Waals surface area contributed by atoms with Gasteiger partial charge in [-0.15, -0.1) is 0 Å². The van der Waals surface area contributed by atoms with Crippen LogP contribution in [0.2, 0.25) is 0 Å². The monoisotopic (exact) mass is 306 g/mol. The summed E-state index contributed by atoms with van der Waals surface area (Å²) in [5.41, 5.74) is 0.490. The van der Waals surface area contributed by atoms with Crippen LogP contribution in [0.5, 0.6) is 0 Å². The minimum absolute atomic E-state index is 0.121. The van der Waals surface area contributed by atoms with Crippen LogP contribution in [0.15, 0.2) is 36.5 Å². The number of pyridine rings is 1. The molecule has 1 N–H and O–H groups in total.